The molecule has 2 aliphatic heterocycles. The fourth-order valence-corrected chi connectivity index (χ4v) is 4.12. The van der Waals surface area contributed by atoms with Crippen LogP contribution < -0.4 is 0 Å². The zero-order valence-electron chi connectivity index (χ0n) is 13.3. The molecule has 1 atom stereocenters. The van der Waals surface area contributed by atoms with Crippen molar-refractivity contribution < 1.29 is 14.0 Å². The first-order valence-corrected chi connectivity index (χ1v) is 9.17. The third-order valence-electron chi connectivity index (χ3n) is 4.47. The highest BCUT2D eigenvalue weighted by molar-refractivity contribution is 7.99. The standard InChI is InChI=1S/C17H21FN2O2S/c1-12-4-5-14(18)13(11-12)16(21)20-6-2-3-15(20)17(22)19-7-9-23-10-8-19/h4-5,11,15H,2-3,6-10H2,1H3/t15-/m1/s1. The lowest BCUT2D eigenvalue weighted by molar-refractivity contribution is -0.134. The number of nitrogens with zero attached hydrogens (tertiary/aromatic N) is 2. The molecule has 0 aliphatic carbocycles. The van der Waals surface area contributed by atoms with E-state index in [0.717, 1.165) is 36.6 Å². The van der Waals surface area contributed by atoms with E-state index in [-0.39, 0.29) is 17.4 Å². The van der Waals surface area contributed by atoms with Gasteiger partial charge in [-0.3, -0.25) is 9.59 Å². The van der Waals surface area contributed by atoms with Crippen molar-refractivity contribution in [1.29, 1.82) is 0 Å². The van der Waals surface area contributed by atoms with E-state index in [1.165, 1.54) is 6.07 Å². The van der Waals surface area contributed by atoms with Crippen molar-refractivity contribution in [3.63, 3.8) is 0 Å². The van der Waals surface area contributed by atoms with Gasteiger partial charge in [0.05, 0.1) is 5.56 Å². The summed E-state index contributed by atoms with van der Waals surface area (Å²) < 4.78 is 14.0. The fourth-order valence-electron chi connectivity index (χ4n) is 3.22. The number of halogens is 1. The molecule has 0 N–H and O–H groups in total. The Balaban J connectivity index is 1.79. The predicted octanol–water partition coefficient (Wildman–Crippen LogP) is 2.31. The van der Waals surface area contributed by atoms with E-state index in [4.69, 9.17) is 0 Å². The van der Waals surface area contributed by atoms with Gasteiger partial charge >= 0.3 is 0 Å². The van der Waals surface area contributed by atoms with E-state index in [2.05, 4.69) is 0 Å². The smallest absolute Gasteiger partial charge is 0.257 e. The molecule has 2 heterocycles. The first-order valence-electron chi connectivity index (χ1n) is 8.01. The number of rotatable bonds is 2. The molecule has 1 aromatic rings. The average Bonchev–Trinajstić information content (AvgIpc) is 3.06. The van der Waals surface area contributed by atoms with Crippen LogP contribution in [-0.2, 0) is 4.79 Å². The lowest BCUT2D eigenvalue weighted by atomic mass is 10.1. The van der Waals surface area contributed by atoms with Crippen LogP contribution in [0.25, 0.3) is 0 Å². The zero-order valence-corrected chi connectivity index (χ0v) is 14.1. The molecular formula is C17H21FN2O2S. The van der Waals surface area contributed by atoms with Gasteiger partial charge in [-0.25, -0.2) is 4.39 Å². The van der Waals surface area contributed by atoms with Crippen LogP contribution in [0.1, 0.15) is 28.8 Å². The predicted molar refractivity (Wildman–Crippen MR) is 89.1 cm³/mol. The number of amides is 2. The molecule has 3 rings (SSSR count). The average molecular weight is 336 g/mol. The molecule has 2 saturated heterocycles. The number of carbonyl (C=O) groups excluding carboxylic acids is 2. The molecule has 4 nitrogen and oxygen atoms in total. The molecule has 0 aromatic heterocycles. The molecule has 2 fully saturated rings. The molecule has 6 heteroatoms. The van der Waals surface area contributed by atoms with E-state index in [1.807, 2.05) is 23.6 Å². The van der Waals surface area contributed by atoms with Crippen molar-refractivity contribution in [2.45, 2.75) is 25.8 Å². The van der Waals surface area contributed by atoms with Crippen molar-refractivity contribution in [1.82, 2.24) is 9.80 Å². The summed E-state index contributed by atoms with van der Waals surface area (Å²) in [5.41, 5.74) is 0.906. The van der Waals surface area contributed by atoms with Crippen LogP contribution in [0.2, 0.25) is 0 Å². The Morgan fingerprint density at radius 2 is 1.96 bits per heavy atom. The largest absolute Gasteiger partial charge is 0.339 e. The van der Waals surface area contributed by atoms with Gasteiger partial charge in [0.2, 0.25) is 5.91 Å². The van der Waals surface area contributed by atoms with Gasteiger partial charge in [-0.05, 0) is 31.9 Å². The SMILES string of the molecule is Cc1ccc(F)c(C(=O)N2CCC[C@@H]2C(=O)N2CCSCC2)c1. The van der Waals surface area contributed by atoms with E-state index in [1.54, 1.807) is 17.0 Å². The Hall–Kier alpha value is -1.56. The van der Waals surface area contributed by atoms with Gasteiger partial charge in [-0.1, -0.05) is 11.6 Å². The molecule has 0 radical (unpaired) electrons. The Kier molecular flexibility index (Phi) is 4.90. The summed E-state index contributed by atoms with van der Waals surface area (Å²) in [7, 11) is 0. The van der Waals surface area contributed by atoms with Crippen molar-refractivity contribution in [2.75, 3.05) is 31.1 Å². The maximum Gasteiger partial charge on any atom is 0.257 e. The molecule has 1 aromatic carbocycles. The minimum Gasteiger partial charge on any atom is -0.339 e. The lowest BCUT2D eigenvalue weighted by Crippen LogP contribution is -2.50. The van der Waals surface area contributed by atoms with Crippen LogP contribution in [0, 0.1) is 12.7 Å². The summed E-state index contributed by atoms with van der Waals surface area (Å²) in [6.45, 7) is 3.82. The van der Waals surface area contributed by atoms with Gasteiger partial charge in [0.1, 0.15) is 11.9 Å². The second kappa shape index (κ2) is 6.91. The number of likely N-dealkylation sites (tertiary alicyclic amines) is 1. The number of aryl methyl sites for hydroxylation is 1. The van der Waals surface area contributed by atoms with Crippen LogP contribution in [-0.4, -0.2) is 58.8 Å². The molecule has 0 unspecified atom stereocenters. The summed E-state index contributed by atoms with van der Waals surface area (Å²) >= 11 is 1.84. The second-order valence-electron chi connectivity index (χ2n) is 6.08. The quantitative estimate of drug-likeness (QED) is 0.832. The summed E-state index contributed by atoms with van der Waals surface area (Å²) in [5.74, 6) is 1.02. The Morgan fingerprint density at radius 3 is 2.70 bits per heavy atom. The lowest BCUT2D eigenvalue weighted by Gasteiger charge is -2.32. The van der Waals surface area contributed by atoms with Crippen LogP contribution in [0.3, 0.4) is 0 Å². The van der Waals surface area contributed by atoms with Crippen molar-refractivity contribution in [3.05, 3.63) is 35.1 Å². The Bertz CT molecular complexity index is 617. The maximum absolute atomic E-state index is 14.0. The molecule has 124 valence electrons. The number of hydrogen-bond acceptors (Lipinski definition) is 3. The first kappa shape index (κ1) is 16.3. The van der Waals surface area contributed by atoms with E-state index in [0.29, 0.717) is 13.0 Å². The minimum absolute atomic E-state index is 0.0178. The van der Waals surface area contributed by atoms with Gasteiger partial charge in [0.15, 0.2) is 0 Å². The second-order valence-corrected chi connectivity index (χ2v) is 7.30. The maximum atomic E-state index is 14.0. The van der Waals surface area contributed by atoms with Crippen LogP contribution in [0.5, 0.6) is 0 Å². The Labute approximate surface area is 140 Å². The summed E-state index contributed by atoms with van der Waals surface area (Å²) in [5, 5.41) is 0. The van der Waals surface area contributed by atoms with Crippen LogP contribution in [0.4, 0.5) is 4.39 Å². The van der Waals surface area contributed by atoms with E-state index < -0.39 is 11.9 Å². The molecule has 23 heavy (non-hydrogen) atoms. The highest BCUT2D eigenvalue weighted by Gasteiger charge is 2.37. The van der Waals surface area contributed by atoms with Gasteiger partial charge < -0.3 is 9.80 Å². The third kappa shape index (κ3) is 3.37. The minimum atomic E-state index is -0.520. The molecule has 0 spiro atoms. The number of hydrogen-bond donors (Lipinski definition) is 0. The van der Waals surface area contributed by atoms with E-state index >= 15 is 0 Å². The molecular weight excluding hydrogens is 315 g/mol. The monoisotopic (exact) mass is 336 g/mol. The first-order chi connectivity index (χ1) is 11.1. The van der Waals surface area contributed by atoms with E-state index in [9.17, 15) is 14.0 Å². The third-order valence-corrected chi connectivity index (χ3v) is 5.42. The Morgan fingerprint density at radius 1 is 1.22 bits per heavy atom. The topological polar surface area (TPSA) is 40.6 Å². The van der Waals surface area contributed by atoms with Gasteiger partial charge in [-0.15, -0.1) is 0 Å². The summed E-state index contributed by atoms with van der Waals surface area (Å²) in [6, 6.07) is 4.08. The van der Waals surface area contributed by atoms with Gasteiger partial charge in [0, 0.05) is 31.1 Å². The van der Waals surface area contributed by atoms with Crippen molar-refractivity contribution in [3.8, 4) is 0 Å². The fraction of sp³-hybridized carbons (Fsp3) is 0.529. The number of carbonyl (C=O) groups is 2. The molecule has 0 bridgehead atoms. The molecule has 0 saturated carbocycles. The summed E-state index contributed by atoms with van der Waals surface area (Å²) in [6.07, 6.45) is 1.46. The van der Waals surface area contributed by atoms with Crippen molar-refractivity contribution in [2.24, 2.45) is 0 Å². The highest BCUT2D eigenvalue weighted by atomic mass is 32.2. The van der Waals surface area contributed by atoms with Gasteiger partial charge in [0.25, 0.3) is 5.91 Å². The summed E-state index contributed by atoms with van der Waals surface area (Å²) in [4.78, 5) is 28.9. The number of thioether (sulfide) groups is 1. The van der Waals surface area contributed by atoms with Crippen LogP contribution >= 0.6 is 11.8 Å². The number of benzene rings is 1. The van der Waals surface area contributed by atoms with Crippen molar-refractivity contribution >= 4 is 23.6 Å². The van der Waals surface area contributed by atoms with Gasteiger partial charge in [-0.2, -0.15) is 11.8 Å². The van der Waals surface area contributed by atoms with Crippen LogP contribution in [0.15, 0.2) is 18.2 Å². The normalized spacial score (nSPS) is 21.6. The molecule has 2 aliphatic rings. The molecule has 2 amide bonds. The zero-order chi connectivity index (χ0) is 16.4. The highest BCUT2D eigenvalue weighted by Crippen LogP contribution is 2.24.